The van der Waals surface area contributed by atoms with E-state index < -0.39 is 0 Å². The molecule has 1 aromatic rings. The lowest BCUT2D eigenvalue weighted by atomic mass is 9.91. The van der Waals surface area contributed by atoms with Gasteiger partial charge in [0.1, 0.15) is 0 Å². The van der Waals surface area contributed by atoms with Crippen LogP contribution >= 0.6 is 0 Å². The minimum Gasteiger partial charge on any atom is -0.324 e. The van der Waals surface area contributed by atoms with Crippen molar-refractivity contribution in [3.63, 3.8) is 0 Å². The lowest BCUT2D eigenvalue weighted by Crippen LogP contribution is -2.17. The molecule has 1 fully saturated rings. The standard InChI is InChI=1S/C16H23N/c17-16-14(10-9-12-5-1-2-6-12)11-13-7-3-4-8-15(13)16/h3-4,7-8,12,14,16H,1-2,5-6,9-11,17H2. The first-order valence-electron chi connectivity index (χ1n) is 7.18. The monoisotopic (exact) mass is 229 g/mol. The van der Waals surface area contributed by atoms with Gasteiger partial charge in [-0.25, -0.2) is 0 Å². The summed E-state index contributed by atoms with van der Waals surface area (Å²) in [7, 11) is 0. The summed E-state index contributed by atoms with van der Waals surface area (Å²) >= 11 is 0. The number of rotatable bonds is 3. The average Bonchev–Trinajstić information content (AvgIpc) is 2.96. The first-order chi connectivity index (χ1) is 8.34. The summed E-state index contributed by atoms with van der Waals surface area (Å²) in [6.45, 7) is 0. The molecule has 0 bridgehead atoms. The molecule has 1 heteroatoms. The number of hydrogen-bond acceptors (Lipinski definition) is 1. The van der Waals surface area contributed by atoms with E-state index in [1.165, 1.54) is 56.1 Å². The molecule has 2 aliphatic rings. The molecular weight excluding hydrogens is 206 g/mol. The zero-order valence-electron chi connectivity index (χ0n) is 10.6. The number of hydrogen-bond donors (Lipinski definition) is 1. The largest absolute Gasteiger partial charge is 0.324 e. The molecule has 2 aliphatic carbocycles. The van der Waals surface area contributed by atoms with Crippen LogP contribution in [0.5, 0.6) is 0 Å². The highest BCUT2D eigenvalue weighted by Gasteiger charge is 2.29. The highest BCUT2D eigenvalue weighted by molar-refractivity contribution is 5.35. The third-order valence-electron chi connectivity index (χ3n) is 4.82. The minimum absolute atomic E-state index is 0.299. The topological polar surface area (TPSA) is 26.0 Å². The van der Waals surface area contributed by atoms with E-state index in [1.54, 1.807) is 0 Å². The van der Waals surface area contributed by atoms with Gasteiger partial charge in [0.2, 0.25) is 0 Å². The van der Waals surface area contributed by atoms with Crippen LogP contribution in [0.4, 0.5) is 0 Å². The van der Waals surface area contributed by atoms with Crippen molar-refractivity contribution < 1.29 is 0 Å². The van der Waals surface area contributed by atoms with Gasteiger partial charge < -0.3 is 5.73 Å². The Balaban J connectivity index is 1.59. The van der Waals surface area contributed by atoms with Gasteiger partial charge in [0.15, 0.2) is 0 Å². The van der Waals surface area contributed by atoms with Crippen LogP contribution in [0.3, 0.4) is 0 Å². The van der Waals surface area contributed by atoms with E-state index in [-0.39, 0.29) is 0 Å². The molecule has 3 rings (SSSR count). The lowest BCUT2D eigenvalue weighted by molar-refractivity contribution is 0.369. The smallest absolute Gasteiger partial charge is 0.0329 e. The van der Waals surface area contributed by atoms with E-state index in [4.69, 9.17) is 5.73 Å². The molecule has 0 radical (unpaired) electrons. The molecule has 1 saturated carbocycles. The van der Waals surface area contributed by atoms with Crippen molar-refractivity contribution in [1.29, 1.82) is 0 Å². The molecule has 0 heterocycles. The molecule has 2 unspecified atom stereocenters. The van der Waals surface area contributed by atoms with Crippen LogP contribution < -0.4 is 5.73 Å². The van der Waals surface area contributed by atoms with Crippen LogP contribution in [0.25, 0.3) is 0 Å². The predicted octanol–water partition coefficient (Wildman–Crippen LogP) is 3.83. The molecule has 1 nitrogen and oxygen atoms in total. The second-order valence-corrected chi connectivity index (χ2v) is 5.92. The Kier molecular flexibility index (Phi) is 3.19. The van der Waals surface area contributed by atoms with Gasteiger partial charge in [-0.15, -0.1) is 0 Å². The van der Waals surface area contributed by atoms with E-state index in [0.717, 1.165) is 5.92 Å². The van der Waals surface area contributed by atoms with E-state index in [1.807, 2.05) is 0 Å². The van der Waals surface area contributed by atoms with E-state index in [2.05, 4.69) is 24.3 Å². The van der Waals surface area contributed by atoms with Gasteiger partial charge in [-0.1, -0.05) is 56.4 Å². The molecule has 1 aromatic carbocycles. The highest BCUT2D eigenvalue weighted by atomic mass is 14.7. The quantitative estimate of drug-likeness (QED) is 0.837. The van der Waals surface area contributed by atoms with E-state index >= 15 is 0 Å². The molecule has 0 saturated heterocycles. The maximum Gasteiger partial charge on any atom is 0.0329 e. The molecule has 0 spiro atoms. The summed E-state index contributed by atoms with van der Waals surface area (Å²) in [6.07, 6.45) is 9.81. The van der Waals surface area contributed by atoms with Crippen molar-refractivity contribution in [2.75, 3.05) is 0 Å². The maximum atomic E-state index is 6.38. The van der Waals surface area contributed by atoms with Crippen LogP contribution in [-0.2, 0) is 6.42 Å². The molecule has 0 aliphatic heterocycles. The Hall–Kier alpha value is -0.820. The van der Waals surface area contributed by atoms with Crippen LogP contribution in [-0.4, -0.2) is 0 Å². The number of nitrogens with two attached hydrogens (primary N) is 1. The molecule has 0 aromatic heterocycles. The number of fused-ring (bicyclic) bond motifs is 1. The van der Waals surface area contributed by atoms with Gasteiger partial charge in [-0.2, -0.15) is 0 Å². The van der Waals surface area contributed by atoms with Gasteiger partial charge in [0.05, 0.1) is 0 Å². The Morgan fingerprint density at radius 2 is 1.82 bits per heavy atom. The van der Waals surface area contributed by atoms with Crippen molar-refractivity contribution in [3.8, 4) is 0 Å². The Bertz CT molecular complexity index is 379. The summed E-state index contributed by atoms with van der Waals surface area (Å²) in [4.78, 5) is 0. The van der Waals surface area contributed by atoms with Crippen molar-refractivity contribution in [1.82, 2.24) is 0 Å². The molecular formula is C16H23N. The summed E-state index contributed by atoms with van der Waals surface area (Å²) in [5.74, 6) is 1.71. The first-order valence-corrected chi connectivity index (χ1v) is 7.18. The SMILES string of the molecule is NC1c2ccccc2CC1CCC1CCCC1. The summed E-state index contributed by atoms with van der Waals surface area (Å²) < 4.78 is 0. The van der Waals surface area contributed by atoms with E-state index in [9.17, 15) is 0 Å². The minimum atomic E-state index is 0.299. The van der Waals surface area contributed by atoms with Crippen LogP contribution in [0, 0.1) is 11.8 Å². The highest BCUT2D eigenvalue weighted by Crippen LogP contribution is 2.39. The van der Waals surface area contributed by atoms with Gasteiger partial charge in [0.25, 0.3) is 0 Å². The summed E-state index contributed by atoms with van der Waals surface area (Å²) in [5, 5.41) is 0. The van der Waals surface area contributed by atoms with Gasteiger partial charge >= 0.3 is 0 Å². The first kappa shape index (κ1) is 11.3. The Labute approximate surface area is 104 Å². The third-order valence-corrected chi connectivity index (χ3v) is 4.82. The fourth-order valence-corrected chi connectivity index (χ4v) is 3.74. The summed E-state index contributed by atoms with van der Waals surface area (Å²) in [5.41, 5.74) is 9.28. The Morgan fingerprint density at radius 1 is 1.06 bits per heavy atom. The number of benzene rings is 1. The van der Waals surface area contributed by atoms with Gasteiger partial charge in [-0.05, 0) is 35.8 Å². The lowest BCUT2D eigenvalue weighted by Gasteiger charge is -2.18. The maximum absolute atomic E-state index is 6.38. The van der Waals surface area contributed by atoms with Gasteiger partial charge in [-0.3, -0.25) is 0 Å². The van der Waals surface area contributed by atoms with Crippen LogP contribution in [0.2, 0.25) is 0 Å². The summed E-state index contributed by atoms with van der Waals surface area (Å²) in [6, 6.07) is 9.04. The second-order valence-electron chi connectivity index (χ2n) is 5.92. The van der Waals surface area contributed by atoms with Crippen molar-refractivity contribution in [2.45, 2.75) is 51.0 Å². The zero-order chi connectivity index (χ0) is 11.7. The molecule has 2 N–H and O–H groups in total. The predicted molar refractivity (Wildman–Crippen MR) is 71.8 cm³/mol. The normalized spacial score (nSPS) is 28.5. The molecule has 17 heavy (non-hydrogen) atoms. The Morgan fingerprint density at radius 3 is 2.59 bits per heavy atom. The van der Waals surface area contributed by atoms with E-state index in [0.29, 0.717) is 12.0 Å². The molecule has 2 atom stereocenters. The van der Waals surface area contributed by atoms with Crippen LogP contribution in [0.1, 0.15) is 55.7 Å². The second kappa shape index (κ2) is 4.81. The average molecular weight is 229 g/mol. The fraction of sp³-hybridized carbons (Fsp3) is 0.625. The van der Waals surface area contributed by atoms with Gasteiger partial charge in [0, 0.05) is 6.04 Å². The zero-order valence-corrected chi connectivity index (χ0v) is 10.6. The molecule has 0 amide bonds. The van der Waals surface area contributed by atoms with Crippen molar-refractivity contribution in [2.24, 2.45) is 17.6 Å². The van der Waals surface area contributed by atoms with Crippen molar-refractivity contribution >= 4 is 0 Å². The van der Waals surface area contributed by atoms with Crippen LogP contribution in [0.15, 0.2) is 24.3 Å². The van der Waals surface area contributed by atoms with Crippen molar-refractivity contribution in [3.05, 3.63) is 35.4 Å². The third kappa shape index (κ3) is 2.26. The molecule has 92 valence electrons. The fourth-order valence-electron chi connectivity index (χ4n) is 3.74.